The van der Waals surface area contributed by atoms with E-state index in [0.29, 0.717) is 17.9 Å². The third-order valence-electron chi connectivity index (χ3n) is 4.23. The van der Waals surface area contributed by atoms with Crippen molar-refractivity contribution < 1.29 is 27.2 Å². The minimum absolute atomic E-state index is 0.0766. The van der Waals surface area contributed by atoms with E-state index in [9.17, 15) is 18.0 Å². The lowest BCUT2D eigenvalue weighted by Gasteiger charge is -2.06. The number of ether oxygens (including phenoxy) is 1. The summed E-state index contributed by atoms with van der Waals surface area (Å²) in [6.07, 6.45) is 1.73. The molecule has 30 heavy (non-hydrogen) atoms. The molecule has 3 rings (SSSR count). The summed E-state index contributed by atoms with van der Waals surface area (Å²) in [6, 6.07) is 16.5. The quantitative estimate of drug-likeness (QED) is 0.424. The Morgan fingerprint density at radius 1 is 0.967 bits per heavy atom. The van der Waals surface area contributed by atoms with E-state index in [4.69, 9.17) is 9.15 Å². The van der Waals surface area contributed by atoms with Crippen LogP contribution in [0.1, 0.15) is 40.7 Å². The van der Waals surface area contributed by atoms with E-state index in [-0.39, 0.29) is 15.7 Å². The highest BCUT2D eigenvalue weighted by Crippen LogP contribution is 2.23. The molecule has 3 aromatic rings. The summed E-state index contributed by atoms with van der Waals surface area (Å²) in [5.74, 6) is -1.18. The van der Waals surface area contributed by atoms with Crippen LogP contribution >= 0.6 is 0 Å². The first-order chi connectivity index (χ1) is 14.4. The van der Waals surface area contributed by atoms with Gasteiger partial charge in [-0.2, -0.15) is 0 Å². The van der Waals surface area contributed by atoms with Gasteiger partial charge in [0.2, 0.25) is 14.9 Å². The van der Waals surface area contributed by atoms with Crippen LogP contribution in [-0.2, 0) is 14.6 Å². The molecule has 1 heterocycles. The molecule has 0 aliphatic carbocycles. The maximum Gasteiger partial charge on any atom is 0.338 e. The molecule has 0 spiro atoms. The largest absolute Gasteiger partial charge is 0.462 e. The number of benzene rings is 2. The van der Waals surface area contributed by atoms with Gasteiger partial charge >= 0.3 is 5.97 Å². The van der Waals surface area contributed by atoms with E-state index >= 15 is 0 Å². The van der Waals surface area contributed by atoms with Crippen molar-refractivity contribution in [2.75, 3.05) is 11.9 Å². The molecule has 1 amide bonds. The van der Waals surface area contributed by atoms with Gasteiger partial charge in [0, 0.05) is 5.69 Å². The second kappa shape index (κ2) is 9.41. The number of sulfone groups is 1. The Balaban J connectivity index is 1.66. The smallest absolute Gasteiger partial charge is 0.338 e. The third kappa shape index (κ3) is 4.96. The fraction of sp³-hybridized carbons (Fsp3) is 0.182. The molecule has 0 radical (unpaired) electrons. The summed E-state index contributed by atoms with van der Waals surface area (Å²) in [5.41, 5.74) is 0.798. The summed E-state index contributed by atoms with van der Waals surface area (Å²) in [5, 5.41) is 2.29. The Morgan fingerprint density at radius 2 is 1.67 bits per heavy atom. The monoisotopic (exact) mass is 427 g/mol. The van der Waals surface area contributed by atoms with E-state index < -0.39 is 21.7 Å². The molecular formula is C22H21NO6S. The molecule has 1 aromatic heterocycles. The Hall–Kier alpha value is -3.39. The number of amides is 1. The van der Waals surface area contributed by atoms with Crippen molar-refractivity contribution in [3.63, 3.8) is 0 Å². The topological polar surface area (TPSA) is 103 Å². The number of esters is 1. The lowest BCUT2D eigenvalue weighted by molar-refractivity contribution is 0.0499. The van der Waals surface area contributed by atoms with Gasteiger partial charge in [0.05, 0.1) is 17.1 Å². The zero-order valence-electron chi connectivity index (χ0n) is 16.3. The van der Waals surface area contributed by atoms with Crippen LogP contribution in [0.2, 0.25) is 0 Å². The normalized spacial score (nSPS) is 11.1. The number of furan rings is 1. The SMILES string of the molecule is CCCCOC(=O)c1ccc(NC(=O)c2ccc(S(=O)(=O)c3ccccc3)o2)cc1. The Kier molecular flexibility index (Phi) is 6.68. The lowest BCUT2D eigenvalue weighted by Crippen LogP contribution is -2.11. The van der Waals surface area contributed by atoms with Crippen LogP contribution in [0.15, 0.2) is 81.1 Å². The maximum absolute atomic E-state index is 12.6. The van der Waals surface area contributed by atoms with Crippen molar-refractivity contribution in [3.05, 3.63) is 78.1 Å². The van der Waals surface area contributed by atoms with Gasteiger partial charge in [-0.3, -0.25) is 4.79 Å². The Bertz CT molecular complexity index is 1120. The average Bonchev–Trinajstić information content (AvgIpc) is 3.26. The predicted molar refractivity (Wildman–Crippen MR) is 110 cm³/mol. The van der Waals surface area contributed by atoms with Gasteiger partial charge < -0.3 is 14.5 Å². The van der Waals surface area contributed by atoms with E-state index in [1.54, 1.807) is 30.3 Å². The number of carbonyl (C=O) groups is 2. The number of rotatable bonds is 8. The molecule has 0 saturated heterocycles. The van der Waals surface area contributed by atoms with E-state index in [1.807, 2.05) is 6.92 Å². The van der Waals surface area contributed by atoms with Crippen LogP contribution < -0.4 is 5.32 Å². The van der Waals surface area contributed by atoms with Gasteiger partial charge in [0.25, 0.3) is 5.91 Å². The van der Waals surface area contributed by atoms with Crippen LogP contribution in [0.3, 0.4) is 0 Å². The highest BCUT2D eigenvalue weighted by molar-refractivity contribution is 7.91. The molecule has 7 nitrogen and oxygen atoms in total. The highest BCUT2D eigenvalue weighted by atomic mass is 32.2. The molecule has 0 fully saturated rings. The molecule has 1 N–H and O–H groups in total. The van der Waals surface area contributed by atoms with Gasteiger partial charge in [-0.25, -0.2) is 13.2 Å². The molecule has 0 atom stereocenters. The van der Waals surface area contributed by atoms with Crippen molar-refractivity contribution in [2.45, 2.75) is 29.8 Å². The molecular weight excluding hydrogens is 406 g/mol. The molecule has 8 heteroatoms. The summed E-state index contributed by atoms with van der Waals surface area (Å²) in [4.78, 5) is 24.4. The third-order valence-corrected chi connectivity index (χ3v) is 5.87. The second-order valence-electron chi connectivity index (χ2n) is 6.46. The van der Waals surface area contributed by atoms with Crippen LogP contribution in [0.25, 0.3) is 0 Å². The Morgan fingerprint density at radius 3 is 2.33 bits per heavy atom. The molecule has 0 aliphatic rings. The van der Waals surface area contributed by atoms with Crippen molar-refractivity contribution in [1.82, 2.24) is 0 Å². The number of hydrogen-bond donors (Lipinski definition) is 1. The van der Waals surface area contributed by atoms with Gasteiger partial charge in [0.15, 0.2) is 5.76 Å². The highest BCUT2D eigenvalue weighted by Gasteiger charge is 2.23. The first kappa shape index (κ1) is 21.3. The van der Waals surface area contributed by atoms with Crippen LogP contribution in [0.4, 0.5) is 5.69 Å². The van der Waals surface area contributed by atoms with E-state index in [2.05, 4.69) is 5.32 Å². The zero-order chi connectivity index (χ0) is 21.6. The standard InChI is InChI=1S/C22H21NO6S/c1-2-3-15-28-22(25)16-9-11-17(12-10-16)23-21(24)19-13-14-20(29-19)30(26,27)18-7-5-4-6-8-18/h4-14H,2-3,15H2,1H3,(H,23,24). The number of carbonyl (C=O) groups excluding carboxylic acids is 2. The van der Waals surface area contributed by atoms with Gasteiger partial charge in [0.1, 0.15) is 0 Å². The average molecular weight is 427 g/mol. The van der Waals surface area contributed by atoms with Crippen LogP contribution in [0, 0.1) is 0 Å². The zero-order valence-corrected chi connectivity index (χ0v) is 17.1. The minimum atomic E-state index is -3.85. The summed E-state index contributed by atoms with van der Waals surface area (Å²) >= 11 is 0. The summed E-state index contributed by atoms with van der Waals surface area (Å²) in [6.45, 7) is 2.37. The number of nitrogens with one attached hydrogen (secondary N) is 1. The van der Waals surface area contributed by atoms with E-state index in [1.165, 1.54) is 36.4 Å². The first-order valence-corrected chi connectivity index (χ1v) is 10.9. The van der Waals surface area contributed by atoms with Gasteiger partial charge in [-0.05, 0) is 55.0 Å². The number of unbranched alkanes of at least 4 members (excludes halogenated alkanes) is 1. The molecule has 156 valence electrons. The predicted octanol–water partition coefficient (Wildman–Crippen LogP) is 4.32. The van der Waals surface area contributed by atoms with Crippen molar-refractivity contribution in [1.29, 1.82) is 0 Å². The number of anilines is 1. The second-order valence-corrected chi connectivity index (χ2v) is 8.34. The molecule has 0 aliphatic heterocycles. The molecule has 0 bridgehead atoms. The number of hydrogen-bond acceptors (Lipinski definition) is 6. The fourth-order valence-electron chi connectivity index (χ4n) is 2.58. The van der Waals surface area contributed by atoms with Crippen LogP contribution in [-0.4, -0.2) is 26.9 Å². The Labute approximate surface area is 174 Å². The maximum atomic E-state index is 12.6. The minimum Gasteiger partial charge on any atom is -0.462 e. The van der Waals surface area contributed by atoms with Crippen molar-refractivity contribution in [2.24, 2.45) is 0 Å². The molecule has 2 aromatic carbocycles. The fourth-order valence-corrected chi connectivity index (χ4v) is 3.77. The van der Waals surface area contributed by atoms with E-state index in [0.717, 1.165) is 12.8 Å². The first-order valence-electron chi connectivity index (χ1n) is 9.40. The summed E-state index contributed by atoms with van der Waals surface area (Å²) in [7, 11) is -3.85. The molecule has 0 saturated carbocycles. The van der Waals surface area contributed by atoms with Gasteiger partial charge in [-0.1, -0.05) is 31.5 Å². The van der Waals surface area contributed by atoms with Crippen LogP contribution in [0.5, 0.6) is 0 Å². The summed E-state index contributed by atoms with van der Waals surface area (Å²) < 4.78 is 35.5. The van der Waals surface area contributed by atoms with Gasteiger partial charge in [-0.15, -0.1) is 0 Å². The van der Waals surface area contributed by atoms with Crippen molar-refractivity contribution >= 4 is 27.4 Å². The lowest BCUT2D eigenvalue weighted by atomic mass is 10.2. The molecule has 0 unspecified atom stereocenters. The van der Waals surface area contributed by atoms with Crippen molar-refractivity contribution in [3.8, 4) is 0 Å².